The van der Waals surface area contributed by atoms with Gasteiger partial charge in [-0.1, -0.05) is 22.0 Å². The van der Waals surface area contributed by atoms with Crippen molar-refractivity contribution < 1.29 is 4.39 Å². The van der Waals surface area contributed by atoms with Crippen LogP contribution in [-0.4, -0.2) is 43.0 Å². The van der Waals surface area contributed by atoms with Gasteiger partial charge in [0.05, 0.1) is 0 Å². The number of likely N-dealkylation sites (tertiary alicyclic amines) is 1. The van der Waals surface area contributed by atoms with Crippen LogP contribution in [0.4, 0.5) is 4.39 Å². The van der Waals surface area contributed by atoms with Gasteiger partial charge in [0.25, 0.3) is 0 Å². The van der Waals surface area contributed by atoms with Gasteiger partial charge in [-0.05, 0) is 45.6 Å². The summed E-state index contributed by atoms with van der Waals surface area (Å²) in [6, 6.07) is 5.92. The molecule has 1 aliphatic rings. The fraction of sp³-hybridized carbons (Fsp3) is 0.571. The quantitative estimate of drug-likeness (QED) is 0.846. The molecule has 100 valence electrons. The summed E-state index contributed by atoms with van der Waals surface area (Å²) in [6.07, 6.45) is 2.44. The molecule has 1 aliphatic heterocycles. The lowest BCUT2D eigenvalue weighted by Crippen LogP contribution is -2.44. The Bertz CT molecular complexity index is 409. The van der Waals surface area contributed by atoms with Crippen molar-refractivity contribution >= 4 is 15.9 Å². The van der Waals surface area contributed by atoms with Gasteiger partial charge in [-0.15, -0.1) is 0 Å². The summed E-state index contributed by atoms with van der Waals surface area (Å²) in [6.45, 7) is 2.81. The molecule has 0 N–H and O–H groups in total. The van der Waals surface area contributed by atoms with E-state index in [9.17, 15) is 4.39 Å². The van der Waals surface area contributed by atoms with Crippen LogP contribution < -0.4 is 0 Å². The van der Waals surface area contributed by atoms with Crippen molar-refractivity contribution in [3.05, 3.63) is 34.1 Å². The van der Waals surface area contributed by atoms with Crippen molar-refractivity contribution in [3.63, 3.8) is 0 Å². The second-order valence-electron chi connectivity index (χ2n) is 5.23. The third kappa shape index (κ3) is 3.53. The highest BCUT2D eigenvalue weighted by Crippen LogP contribution is 2.20. The van der Waals surface area contributed by atoms with Gasteiger partial charge in [-0.3, -0.25) is 4.90 Å². The third-order valence-corrected chi connectivity index (χ3v) is 4.11. The summed E-state index contributed by atoms with van der Waals surface area (Å²) in [7, 11) is 4.24. The minimum absolute atomic E-state index is 0.114. The Morgan fingerprint density at radius 3 is 2.89 bits per heavy atom. The van der Waals surface area contributed by atoms with E-state index in [2.05, 4.69) is 39.8 Å². The predicted octanol–water partition coefficient (Wildman–Crippen LogP) is 3.11. The third-order valence-electron chi connectivity index (χ3n) is 3.62. The van der Waals surface area contributed by atoms with Crippen LogP contribution in [0.1, 0.15) is 18.4 Å². The molecule has 0 aromatic heterocycles. The Kier molecular flexibility index (Phi) is 4.76. The Balaban J connectivity index is 2.00. The topological polar surface area (TPSA) is 6.48 Å². The Hall–Kier alpha value is -0.450. The van der Waals surface area contributed by atoms with Gasteiger partial charge in [0, 0.05) is 29.2 Å². The molecule has 2 rings (SSSR count). The largest absolute Gasteiger partial charge is 0.305 e. The molecular weight excluding hydrogens is 295 g/mol. The summed E-state index contributed by atoms with van der Waals surface area (Å²) < 4.78 is 14.6. The molecule has 4 heteroatoms. The van der Waals surface area contributed by atoms with Gasteiger partial charge in [0.1, 0.15) is 5.82 Å². The standard InChI is InChI=1S/C14H20BrFN2/c1-17(2)13-4-3-7-18(10-13)9-11-5-6-12(15)8-14(11)16/h5-6,8,13H,3-4,7,9-10H2,1-2H3. The van der Waals surface area contributed by atoms with Crippen LogP contribution in [0, 0.1) is 5.82 Å². The number of benzene rings is 1. The van der Waals surface area contributed by atoms with Crippen molar-refractivity contribution in [1.82, 2.24) is 9.80 Å². The van der Waals surface area contributed by atoms with Crippen LogP contribution in [0.2, 0.25) is 0 Å². The van der Waals surface area contributed by atoms with E-state index in [0.717, 1.165) is 23.1 Å². The summed E-state index contributed by atoms with van der Waals surface area (Å²) in [5.41, 5.74) is 0.789. The molecule has 1 unspecified atom stereocenters. The minimum atomic E-state index is -0.114. The average Bonchev–Trinajstić information content (AvgIpc) is 2.33. The molecule has 0 bridgehead atoms. The highest BCUT2D eigenvalue weighted by molar-refractivity contribution is 9.10. The van der Waals surface area contributed by atoms with E-state index in [1.54, 1.807) is 6.07 Å². The van der Waals surface area contributed by atoms with Crippen molar-refractivity contribution in [2.45, 2.75) is 25.4 Å². The number of piperidine rings is 1. The molecule has 1 atom stereocenters. The molecule has 0 aliphatic carbocycles. The molecular formula is C14H20BrFN2. The predicted molar refractivity (Wildman–Crippen MR) is 76.1 cm³/mol. The van der Waals surface area contributed by atoms with Gasteiger partial charge in [-0.25, -0.2) is 4.39 Å². The van der Waals surface area contributed by atoms with Crippen molar-refractivity contribution in [2.24, 2.45) is 0 Å². The first-order valence-electron chi connectivity index (χ1n) is 6.39. The maximum absolute atomic E-state index is 13.8. The summed E-state index contributed by atoms with van der Waals surface area (Å²) in [4.78, 5) is 4.62. The van der Waals surface area contributed by atoms with Crippen molar-refractivity contribution in [3.8, 4) is 0 Å². The fourth-order valence-electron chi connectivity index (χ4n) is 2.49. The Morgan fingerprint density at radius 1 is 1.44 bits per heavy atom. The molecule has 0 amide bonds. The van der Waals surface area contributed by atoms with Crippen LogP contribution in [0.3, 0.4) is 0 Å². The fourth-order valence-corrected chi connectivity index (χ4v) is 2.82. The van der Waals surface area contributed by atoms with E-state index >= 15 is 0 Å². The molecule has 18 heavy (non-hydrogen) atoms. The molecule has 1 saturated heterocycles. The summed E-state index contributed by atoms with van der Waals surface area (Å²) >= 11 is 3.29. The van der Waals surface area contributed by atoms with Crippen LogP contribution in [0.15, 0.2) is 22.7 Å². The second kappa shape index (κ2) is 6.13. The van der Waals surface area contributed by atoms with Crippen LogP contribution in [0.5, 0.6) is 0 Å². The molecule has 2 nitrogen and oxygen atoms in total. The van der Waals surface area contributed by atoms with Crippen molar-refractivity contribution in [2.75, 3.05) is 27.2 Å². The van der Waals surface area contributed by atoms with Gasteiger partial charge in [-0.2, -0.15) is 0 Å². The molecule has 0 radical (unpaired) electrons. The Labute approximate surface area is 117 Å². The summed E-state index contributed by atoms with van der Waals surface area (Å²) in [5.74, 6) is -0.114. The molecule has 0 spiro atoms. The van der Waals surface area contributed by atoms with Crippen LogP contribution in [0.25, 0.3) is 0 Å². The lowest BCUT2D eigenvalue weighted by molar-refractivity contribution is 0.127. The van der Waals surface area contributed by atoms with Gasteiger partial charge >= 0.3 is 0 Å². The first-order chi connectivity index (χ1) is 8.56. The van der Waals surface area contributed by atoms with E-state index in [1.165, 1.54) is 12.8 Å². The van der Waals surface area contributed by atoms with Crippen LogP contribution in [-0.2, 0) is 6.54 Å². The van der Waals surface area contributed by atoms with Crippen molar-refractivity contribution in [1.29, 1.82) is 0 Å². The maximum atomic E-state index is 13.8. The van der Waals surface area contributed by atoms with E-state index < -0.39 is 0 Å². The van der Waals surface area contributed by atoms with Gasteiger partial charge in [0.15, 0.2) is 0 Å². The maximum Gasteiger partial charge on any atom is 0.128 e. The first kappa shape index (κ1) is 14.0. The average molecular weight is 315 g/mol. The SMILES string of the molecule is CN(C)C1CCCN(Cc2ccc(Br)cc2F)C1. The number of likely N-dealkylation sites (N-methyl/N-ethyl adjacent to an activating group) is 1. The second-order valence-corrected chi connectivity index (χ2v) is 6.15. The number of rotatable bonds is 3. The zero-order valence-corrected chi connectivity index (χ0v) is 12.6. The zero-order chi connectivity index (χ0) is 13.1. The highest BCUT2D eigenvalue weighted by Gasteiger charge is 2.21. The molecule has 1 aromatic carbocycles. The molecule has 1 fully saturated rings. The normalized spacial score (nSPS) is 21.5. The lowest BCUT2D eigenvalue weighted by Gasteiger charge is -2.36. The molecule has 1 heterocycles. The van der Waals surface area contributed by atoms with Gasteiger partial charge in [0.2, 0.25) is 0 Å². The Morgan fingerprint density at radius 2 is 2.22 bits per heavy atom. The lowest BCUT2D eigenvalue weighted by atomic mass is 10.0. The highest BCUT2D eigenvalue weighted by atomic mass is 79.9. The number of hydrogen-bond donors (Lipinski definition) is 0. The van der Waals surface area contributed by atoms with E-state index in [0.29, 0.717) is 12.6 Å². The van der Waals surface area contributed by atoms with Gasteiger partial charge < -0.3 is 4.90 Å². The van der Waals surface area contributed by atoms with E-state index in [-0.39, 0.29) is 5.82 Å². The zero-order valence-electron chi connectivity index (χ0n) is 11.0. The number of nitrogens with zero attached hydrogens (tertiary/aromatic N) is 2. The first-order valence-corrected chi connectivity index (χ1v) is 7.18. The van der Waals surface area contributed by atoms with E-state index in [1.807, 2.05) is 12.1 Å². The molecule has 1 aromatic rings. The number of hydrogen-bond acceptors (Lipinski definition) is 2. The number of halogens is 2. The smallest absolute Gasteiger partial charge is 0.128 e. The summed E-state index contributed by atoms with van der Waals surface area (Å²) in [5, 5.41) is 0. The molecule has 0 saturated carbocycles. The monoisotopic (exact) mass is 314 g/mol. The minimum Gasteiger partial charge on any atom is -0.305 e. The van der Waals surface area contributed by atoms with E-state index in [4.69, 9.17) is 0 Å². The van der Waals surface area contributed by atoms with Crippen LogP contribution >= 0.6 is 15.9 Å².